The predicted molar refractivity (Wildman–Crippen MR) is 58.2 cm³/mol. The van der Waals surface area contributed by atoms with Gasteiger partial charge in [0.25, 0.3) is 0 Å². The van der Waals surface area contributed by atoms with Crippen LogP contribution in [0.3, 0.4) is 0 Å². The molecule has 0 spiro atoms. The van der Waals surface area contributed by atoms with Crippen molar-refractivity contribution in [2.45, 2.75) is 12.5 Å². The van der Waals surface area contributed by atoms with Crippen LogP contribution in [0.4, 0.5) is 0 Å². The van der Waals surface area contributed by atoms with Gasteiger partial charge >= 0.3 is 17.9 Å². The van der Waals surface area contributed by atoms with Crippen LogP contribution < -0.4 is 11.5 Å². The fourth-order valence-electron chi connectivity index (χ4n) is 0.511. The molecule has 0 aliphatic rings. The number of methoxy groups -OCH3 is 1. The largest absolute Gasteiger partial charge is 0.480 e. The van der Waals surface area contributed by atoms with E-state index in [9.17, 15) is 19.2 Å². The van der Waals surface area contributed by atoms with Gasteiger partial charge < -0.3 is 26.4 Å². The van der Waals surface area contributed by atoms with Crippen molar-refractivity contribution in [1.82, 2.24) is 0 Å². The first-order valence-corrected chi connectivity index (χ1v) is 4.46. The Kier molecular flexibility index (Phi) is 9.76. The van der Waals surface area contributed by atoms with Gasteiger partial charge in [0.2, 0.25) is 5.91 Å². The average Bonchev–Trinajstić information content (AvgIpc) is 2.25. The Morgan fingerprint density at radius 1 is 1.22 bits per heavy atom. The van der Waals surface area contributed by atoms with Gasteiger partial charge in [0.15, 0.2) is 0 Å². The molecule has 0 saturated carbocycles. The first-order valence-electron chi connectivity index (χ1n) is 4.46. The lowest BCUT2D eigenvalue weighted by molar-refractivity contribution is -0.140. The van der Waals surface area contributed by atoms with Crippen molar-refractivity contribution in [3.8, 4) is 0 Å². The standard InChI is InChI=1S/C5H6O4.C4H8N2O3/c1-9-5(8)3-2-4(6)7;5-2(4(8)9)1-3(6)7/h2-3H,1H3,(H,6,7);2H,1,5H2,(H2,6,7)(H,8,9)/b3-2+;/t;2-/m.0/s1. The first kappa shape index (κ1) is 18.0. The molecule has 0 unspecified atom stereocenters. The van der Waals surface area contributed by atoms with E-state index in [4.69, 9.17) is 15.9 Å². The third-order valence-electron chi connectivity index (χ3n) is 1.30. The van der Waals surface area contributed by atoms with Gasteiger partial charge in [-0.05, 0) is 0 Å². The molecule has 0 aliphatic carbocycles. The van der Waals surface area contributed by atoms with Gasteiger partial charge in [0, 0.05) is 12.2 Å². The Labute approximate surface area is 102 Å². The molecule has 0 aromatic rings. The Balaban J connectivity index is 0. The zero-order chi connectivity index (χ0) is 14.7. The summed E-state index contributed by atoms with van der Waals surface area (Å²) in [7, 11) is 1.18. The van der Waals surface area contributed by atoms with E-state index in [-0.39, 0.29) is 6.42 Å². The van der Waals surface area contributed by atoms with E-state index in [0.29, 0.717) is 6.08 Å². The monoisotopic (exact) mass is 262 g/mol. The second-order valence-corrected chi connectivity index (χ2v) is 2.81. The van der Waals surface area contributed by atoms with E-state index in [1.165, 1.54) is 7.11 Å². The lowest BCUT2D eigenvalue weighted by Crippen LogP contribution is -2.34. The maximum atomic E-state index is 10.1. The van der Waals surface area contributed by atoms with Crippen molar-refractivity contribution >= 4 is 23.8 Å². The molecular formula is C9H14N2O7. The molecule has 1 amide bonds. The number of aliphatic carboxylic acids is 2. The lowest BCUT2D eigenvalue weighted by Gasteiger charge is -1.99. The highest BCUT2D eigenvalue weighted by atomic mass is 16.5. The molecule has 0 bridgehead atoms. The SMILES string of the molecule is COC(=O)/C=C/C(=O)O.NC(=O)C[C@H](N)C(=O)O. The van der Waals surface area contributed by atoms with E-state index in [1.807, 2.05) is 0 Å². The van der Waals surface area contributed by atoms with Crippen LogP contribution in [0, 0.1) is 0 Å². The summed E-state index contributed by atoms with van der Waals surface area (Å²) < 4.78 is 4.11. The van der Waals surface area contributed by atoms with Crippen molar-refractivity contribution in [2.24, 2.45) is 11.5 Å². The molecule has 0 aromatic carbocycles. The summed E-state index contributed by atoms with van der Waals surface area (Å²) in [6.07, 6.45) is 1.24. The second-order valence-electron chi connectivity index (χ2n) is 2.81. The molecule has 0 saturated heterocycles. The van der Waals surface area contributed by atoms with Crippen LogP contribution in [0.2, 0.25) is 0 Å². The number of carboxylic acids is 2. The van der Waals surface area contributed by atoms with Crippen LogP contribution in [0.15, 0.2) is 12.2 Å². The van der Waals surface area contributed by atoms with Crippen LogP contribution in [0.1, 0.15) is 6.42 Å². The molecule has 0 rings (SSSR count). The number of hydrogen-bond acceptors (Lipinski definition) is 6. The molecule has 9 heteroatoms. The third-order valence-corrected chi connectivity index (χ3v) is 1.30. The first-order chi connectivity index (χ1) is 8.20. The minimum Gasteiger partial charge on any atom is -0.480 e. The van der Waals surface area contributed by atoms with Crippen molar-refractivity contribution in [2.75, 3.05) is 7.11 Å². The lowest BCUT2D eigenvalue weighted by atomic mass is 10.2. The predicted octanol–water partition coefficient (Wildman–Crippen LogP) is -1.93. The maximum absolute atomic E-state index is 10.1. The third kappa shape index (κ3) is 13.6. The fraction of sp³-hybridized carbons (Fsp3) is 0.333. The average molecular weight is 262 g/mol. The summed E-state index contributed by atoms with van der Waals surface area (Å²) in [5.41, 5.74) is 9.57. The summed E-state index contributed by atoms with van der Waals surface area (Å²) in [6, 6.07) is -1.16. The number of hydrogen-bond donors (Lipinski definition) is 4. The molecule has 1 atom stereocenters. The summed E-state index contributed by atoms with van der Waals surface area (Å²) in [4.78, 5) is 39.8. The number of ether oxygens (including phenoxy) is 1. The van der Waals surface area contributed by atoms with Gasteiger partial charge in [-0.3, -0.25) is 9.59 Å². The Bertz CT molecular complexity index is 351. The van der Waals surface area contributed by atoms with E-state index in [2.05, 4.69) is 10.5 Å². The Morgan fingerprint density at radius 2 is 1.72 bits per heavy atom. The van der Waals surface area contributed by atoms with Gasteiger partial charge in [0.05, 0.1) is 13.5 Å². The van der Waals surface area contributed by atoms with E-state index >= 15 is 0 Å². The maximum Gasteiger partial charge on any atom is 0.330 e. The van der Waals surface area contributed by atoms with Gasteiger partial charge in [0.1, 0.15) is 6.04 Å². The van der Waals surface area contributed by atoms with Crippen molar-refractivity contribution in [1.29, 1.82) is 0 Å². The quantitative estimate of drug-likeness (QED) is 0.328. The molecule has 102 valence electrons. The van der Waals surface area contributed by atoms with Crippen LogP contribution >= 0.6 is 0 Å². The molecule has 0 radical (unpaired) electrons. The number of nitrogens with two attached hydrogens (primary N) is 2. The number of esters is 1. The van der Waals surface area contributed by atoms with Gasteiger partial charge in [-0.25, -0.2) is 9.59 Å². The van der Waals surface area contributed by atoms with Crippen molar-refractivity contribution < 1.29 is 34.1 Å². The van der Waals surface area contributed by atoms with Crippen LogP contribution in [-0.4, -0.2) is 47.2 Å². The van der Waals surface area contributed by atoms with Crippen LogP contribution in [0.25, 0.3) is 0 Å². The summed E-state index contributed by atoms with van der Waals surface area (Å²) in [6.45, 7) is 0. The highest BCUT2D eigenvalue weighted by molar-refractivity contribution is 5.90. The summed E-state index contributed by atoms with van der Waals surface area (Å²) >= 11 is 0. The minimum atomic E-state index is -1.21. The minimum absolute atomic E-state index is 0.310. The zero-order valence-electron chi connectivity index (χ0n) is 9.53. The molecule has 0 aliphatic heterocycles. The normalized spacial score (nSPS) is 11.0. The fourth-order valence-corrected chi connectivity index (χ4v) is 0.511. The number of rotatable bonds is 5. The molecule has 9 nitrogen and oxygen atoms in total. The number of carbonyl (C=O) groups is 4. The highest BCUT2D eigenvalue weighted by Crippen LogP contribution is 1.84. The molecule has 18 heavy (non-hydrogen) atoms. The summed E-state index contributed by atoms with van der Waals surface area (Å²) in [5.74, 6) is -3.75. The Morgan fingerprint density at radius 3 is 1.94 bits per heavy atom. The van der Waals surface area contributed by atoms with E-state index < -0.39 is 29.9 Å². The van der Waals surface area contributed by atoms with Gasteiger partial charge in [-0.15, -0.1) is 0 Å². The summed E-state index contributed by atoms with van der Waals surface area (Å²) in [5, 5.41) is 16.1. The van der Waals surface area contributed by atoms with Crippen molar-refractivity contribution in [3.63, 3.8) is 0 Å². The molecule has 0 fully saturated rings. The molecular weight excluding hydrogens is 248 g/mol. The number of amides is 1. The van der Waals surface area contributed by atoms with Crippen LogP contribution in [-0.2, 0) is 23.9 Å². The van der Waals surface area contributed by atoms with Gasteiger partial charge in [-0.1, -0.05) is 0 Å². The highest BCUT2D eigenvalue weighted by Gasteiger charge is 2.13. The zero-order valence-corrected chi connectivity index (χ0v) is 9.53. The number of carboxylic acid groups (broad SMARTS) is 2. The van der Waals surface area contributed by atoms with E-state index in [0.717, 1.165) is 6.08 Å². The smallest absolute Gasteiger partial charge is 0.330 e. The van der Waals surface area contributed by atoms with E-state index in [1.54, 1.807) is 0 Å². The molecule has 6 N–H and O–H groups in total. The Hall–Kier alpha value is -2.42. The van der Waals surface area contributed by atoms with Gasteiger partial charge in [-0.2, -0.15) is 0 Å². The molecule has 0 heterocycles. The van der Waals surface area contributed by atoms with Crippen LogP contribution in [0.5, 0.6) is 0 Å². The second kappa shape index (κ2) is 9.78. The topological polar surface area (TPSA) is 170 Å². The number of primary amides is 1. The van der Waals surface area contributed by atoms with Crippen molar-refractivity contribution in [3.05, 3.63) is 12.2 Å². The number of carbonyl (C=O) groups excluding carboxylic acids is 2. The molecule has 0 aromatic heterocycles.